The topological polar surface area (TPSA) is 35.0 Å². The van der Waals surface area contributed by atoms with E-state index in [-0.39, 0.29) is 0 Å². The van der Waals surface area contributed by atoms with Crippen LogP contribution < -0.4 is 4.74 Å². The number of aromatic nitrogens is 2. The number of hydrogen-bond acceptors (Lipinski definition) is 3. The first kappa shape index (κ1) is 24.0. The standard InChI is InChI=1S/C29H38N2O/c1-3-5-7-9-11-24-13-15-26(16-14-24)23-32-28-21-30-29(31-22-28)27-19-17-25(18-20-27)12-10-8-6-4-2/h13-22H,3-12,23H2,1-2H3. The van der Waals surface area contributed by atoms with E-state index >= 15 is 0 Å². The maximum Gasteiger partial charge on any atom is 0.159 e. The highest BCUT2D eigenvalue weighted by atomic mass is 16.5. The quantitative estimate of drug-likeness (QED) is 0.243. The third-order valence-electron chi connectivity index (χ3n) is 5.91. The number of rotatable bonds is 14. The Morgan fingerprint density at radius 1 is 0.594 bits per heavy atom. The van der Waals surface area contributed by atoms with Crippen LogP contribution in [-0.4, -0.2) is 9.97 Å². The van der Waals surface area contributed by atoms with Crippen molar-refractivity contribution >= 4 is 0 Å². The summed E-state index contributed by atoms with van der Waals surface area (Å²) < 4.78 is 5.89. The molecular weight excluding hydrogens is 392 g/mol. The molecular formula is C29H38N2O. The molecule has 170 valence electrons. The molecule has 3 aromatic rings. The van der Waals surface area contributed by atoms with E-state index in [2.05, 4.69) is 72.3 Å². The van der Waals surface area contributed by atoms with Gasteiger partial charge in [0.15, 0.2) is 11.6 Å². The molecule has 0 spiro atoms. The van der Waals surface area contributed by atoms with Crippen molar-refractivity contribution in [3.63, 3.8) is 0 Å². The summed E-state index contributed by atoms with van der Waals surface area (Å²) in [6.07, 6.45) is 16.2. The van der Waals surface area contributed by atoms with E-state index in [9.17, 15) is 0 Å². The first-order valence-electron chi connectivity index (χ1n) is 12.4. The first-order valence-corrected chi connectivity index (χ1v) is 12.4. The van der Waals surface area contributed by atoms with Gasteiger partial charge in [-0.3, -0.25) is 0 Å². The third-order valence-corrected chi connectivity index (χ3v) is 5.91. The SMILES string of the molecule is CCCCCCc1ccc(COc2cnc(-c3ccc(CCCCCC)cc3)nc2)cc1. The zero-order chi connectivity index (χ0) is 22.4. The zero-order valence-electron chi connectivity index (χ0n) is 19.9. The van der Waals surface area contributed by atoms with E-state index in [1.807, 2.05) is 0 Å². The van der Waals surface area contributed by atoms with Gasteiger partial charge in [-0.1, -0.05) is 101 Å². The summed E-state index contributed by atoms with van der Waals surface area (Å²) in [6, 6.07) is 17.4. The first-order chi connectivity index (χ1) is 15.8. The van der Waals surface area contributed by atoms with Gasteiger partial charge in [-0.25, -0.2) is 9.97 Å². The Hall–Kier alpha value is -2.68. The zero-order valence-corrected chi connectivity index (χ0v) is 19.9. The molecule has 0 amide bonds. The fourth-order valence-electron chi connectivity index (χ4n) is 3.84. The highest BCUT2D eigenvalue weighted by molar-refractivity contribution is 5.55. The van der Waals surface area contributed by atoms with Crippen LogP contribution in [-0.2, 0) is 19.4 Å². The van der Waals surface area contributed by atoms with Crippen molar-refractivity contribution in [1.82, 2.24) is 9.97 Å². The Labute approximate surface area is 194 Å². The maximum absolute atomic E-state index is 5.89. The Bertz CT molecular complexity index is 886. The van der Waals surface area contributed by atoms with E-state index in [4.69, 9.17) is 4.74 Å². The molecule has 0 fully saturated rings. The van der Waals surface area contributed by atoms with Crippen LogP contribution in [0, 0.1) is 0 Å². The molecule has 0 bridgehead atoms. The lowest BCUT2D eigenvalue weighted by Gasteiger charge is -2.08. The molecule has 0 atom stereocenters. The van der Waals surface area contributed by atoms with Crippen molar-refractivity contribution < 1.29 is 4.74 Å². The minimum absolute atomic E-state index is 0.533. The molecule has 0 radical (unpaired) electrons. The molecule has 0 N–H and O–H groups in total. The predicted octanol–water partition coefficient (Wildman–Crippen LogP) is 7.97. The van der Waals surface area contributed by atoms with Crippen LogP contribution >= 0.6 is 0 Å². The van der Waals surface area contributed by atoms with Crippen LogP contribution in [0.25, 0.3) is 11.4 Å². The molecule has 1 aromatic heterocycles. The van der Waals surface area contributed by atoms with Crippen molar-refractivity contribution in [3.8, 4) is 17.1 Å². The normalized spacial score (nSPS) is 10.9. The molecule has 1 heterocycles. The van der Waals surface area contributed by atoms with Crippen molar-refractivity contribution in [2.45, 2.75) is 84.7 Å². The van der Waals surface area contributed by atoms with E-state index in [0.29, 0.717) is 12.4 Å². The molecule has 0 aliphatic carbocycles. The monoisotopic (exact) mass is 430 g/mol. The Balaban J connectivity index is 1.45. The van der Waals surface area contributed by atoms with Gasteiger partial charge in [0.1, 0.15) is 6.61 Å². The second-order valence-electron chi connectivity index (χ2n) is 8.67. The van der Waals surface area contributed by atoms with Crippen molar-refractivity contribution in [2.75, 3.05) is 0 Å². The second kappa shape index (κ2) is 13.7. The lowest BCUT2D eigenvalue weighted by Crippen LogP contribution is -1.98. The Kier molecular flexibility index (Phi) is 10.2. The highest BCUT2D eigenvalue weighted by Gasteiger charge is 2.04. The van der Waals surface area contributed by atoms with Crippen molar-refractivity contribution in [2.24, 2.45) is 0 Å². The van der Waals surface area contributed by atoms with Crippen molar-refractivity contribution in [3.05, 3.63) is 77.6 Å². The Morgan fingerprint density at radius 3 is 1.62 bits per heavy atom. The van der Waals surface area contributed by atoms with E-state index in [0.717, 1.165) is 24.2 Å². The van der Waals surface area contributed by atoms with Crippen LogP contribution in [0.2, 0.25) is 0 Å². The van der Waals surface area contributed by atoms with Gasteiger partial charge in [-0.2, -0.15) is 0 Å². The van der Waals surface area contributed by atoms with Gasteiger partial charge in [0, 0.05) is 5.56 Å². The average Bonchev–Trinajstić information content (AvgIpc) is 2.85. The number of unbranched alkanes of at least 4 members (excludes halogenated alkanes) is 6. The number of hydrogen-bond donors (Lipinski definition) is 0. The summed E-state index contributed by atoms with van der Waals surface area (Å²) in [5, 5.41) is 0. The molecule has 32 heavy (non-hydrogen) atoms. The number of nitrogens with zero attached hydrogens (tertiary/aromatic N) is 2. The van der Waals surface area contributed by atoms with E-state index < -0.39 is 0 Å². The summed E-state index contributed by atoms with van der Waals surface area (Å²) in [5.74, 6) is 1.44. The largest absolute Gasteiger partial charge is 0.486 e. The number of ether oxygens (including phenoxy) is 1. The van der Waals surface area contributed by atoms with Crippen LogP contribution in [0.1, 0.15) is 81.9 Å². The summed E-state index contributed by atoms with van der Waals surface area (Å²) >= 11 is 0. The molecule has 0 aliphatic rings. The summed E-state index contributed by atoms with van der Waals surface area (Å²) in [4.78, 5) is 9.01. The Morgan fingerprint density at radius 2 is 1.09 bits per heavy atom. The van der Waals surface area contributed by atoms with Gasteiger partial charge in [0.05, 0.1) is 12.4 Å². The highest BCUT2D eigenvalue weighted by Crippen LogP contribution is 2.19. The smallest absolute Gasteiger partial charge is 0.159 e. The summed E-state index contributed by atoms with van der Waals surface area (Å²) in [7, 11) is 0. The fraction of sp³-hybridized carbons (Fsp3) is 0.448. The van der Waals surface area contributed by atoms with Crippen LogP contribution in [0.4, 0.5) is 0 Å². The predicted molar refractivity (Wildman–Crippen MR) is 134 cm³/mol. The molecule has 3 nitrogen and oxygen atoms in total. The van der Waals surface area contributed by atoms with Gasteiger partial charge in [0.2, 0.25) is 0 Å². The van der Waals surface area contributed by atoms with E-state index in [1.54, 1.807) is 12.4 Å². The lowest BCUT2D eigenvalue weighted by atomic mass is 10.0. The fourth-order valence-corrected chi connectivity index (χ4v) is 3.84. The summed E-state index contributed by atoms with van der Waals surface area (Å²) in [5.41, 5.74) is 5.01. The molecule has 0 aliphatic heterocycles. The molecule has 0 unspecified atom stereocenters. The molecule has 0 saturated carbocycles. The van der Waals surface area contributed by atoms with E-state index in [1.165, 1.54) is 68.1 Å². The van der Waals surface area contributed by atoms with Gasteiger partial charge in [0.25, 0.3) is 0 Å². The van der Waals surface area contributed by atoms with Gasteiger partial charge < -0.3 is 4.74 Å². The molecule has 3 rings (SSSR count). The van der Waals surface area contributed by atoms with Crippen LogP contribution in [0.15, 0.2) is 60.9 Å². The van der Waals surface area contributed by atoms with Crippen molar-refractivity contribution in [1.29, 1.82) is 0 Å². The molecule has 3 heteroatoms. The lowest BCUT2D eigenvalue weighted by molar-refractivity contribution is 0.303. The molecule has 0 saturated heterocycles. The van der Waals surface area contributed by atoms with Gasteiger partial charge >= 0.3 is 0 Å². The molecule has 2 aromatic carbocycles. The minimum atomic E-state index is 0.533. The van der Waals surface area contributed by atoms with Gasteiger partial charge in [-0.05, 0) is 42.4 Å². The van der Waals surface area contributed by atoms with Crippen LogP contribution in [0.3, 0.4) is 0 Å². The summed E-state index contributed by atoms with van der Waals surface area (Å²) in [6.45, 7) is 5.03. The van der Waals surface area contributed by atoms with Crippen LogP contribution in [0.5, 0.6) is 5.75 Å². The average molecular weight is 431 g/mol. The van der Waals surface area contributed by atoms with Gasteiger partial charge in [-0.15, -0.1) is 0 Å². The number of benzene rings is 2. The second-order valence-corrected chi connectivity index (χ2v) is 8.67. The minimum Gasteiger partial charge on any atom is -0.486 e. The number of aryl methyl sites for hydroxylation is 2. The maximum atomic E-state index is 5.89. The third kappa shape index (κ3) is 8.11.